The van der Waals surface area contributed by atoms with Crippen LogP contribution < -0.4 is 5.73 Å². The van der Waals surface area contributed by atoms with E-state index in [1.165, 1.54) is 12.1 Å². The van der Waals surface area contributed by atoms with Gasteiger partial charge < -0.3 is 5.73 Å². The Hall–Kier alpha value is -2.64. The molecule has 0 aliphatic rings. The van der Waals surface area contributed by atoms with E-state index in [1.807, 2.05) is 13.8 Å². The number of nitrogens with two attached hydrogens (primary N) is 1. The lowest BCUT2D eigenvalue weighted by Crippen LogP contribution is -2.08. The van der Waals surface area contributed by atoms with Crippen LogP contribution in [0.2, 0.25) is 0 Å². The van der Waals surface area contributed by atoms with Gasteiger partial charge in [0.2, 0.25) is 0 Å². The van der Waals surface area contributed by atoms with Crippen molar-refractivity contribution in [2.45, 2.75) is 24.7 Å². The van der Waals surface area contributed by atoms with Gasteiger partial charge in [0, 0.05) is 6.26 Å². The fourth-order valence-corrected chi connectivity index (χ4v) is 3.73. The molecule has 0 saturated heterocycles. The molecule has 0 unspecified atom stereocenters. The Morgan fingerprint density at radius 3 is 2.68 bits per heavy atom. The number of hydrogen-bond donors (Lipinski definition) is 1. The van der Waals surface area contributed by atoms with Crippen LogP contribution in [-0.2, 0) is 9.84 Å². The number of carbonyl (C=O) groups excluding carboxylic acids is 1. The number of rotatable bonds is 5. The number of sulfone groups is 1. The monoisotopic (exact) mass is 422 g/mol. The Bertz CT molecular complexity index is 1080. The summed E-state index contributed by atoms with van der Waals surface area (Å²) in [5.74, 6) is 1.58. The highest BCUT2D eigenvalue weighted by Gasteiger charge is 2.26. The molecule has 0 aliphatic carbocycles. The van der Waals surface area contributed by atoms with Crippen LogP contribution in [0.4, 0.5) is 15.0 Å². The number of benzene rings is 1. The maximum atomic E-state index is 14.5. The zero-order chi connectivity index (χ0) is 21.1. The molecule has 1 aromatic heterocycles. The minimum absolute atomic E-state index is 0.118. The highest BCUT2D eigenvalue weighted by Crippen LogP contribution is 2.38. The Balaban J connectivity index is 2.75. The number of halogens is 1. The van der Waals surface area contributed by atoms with Crippen molar-refractivity contribution in [2.75, 3.05) is 12.0 Å². The van der Waals surface area contributed by atoms with E-state index in [9.17, 15) is 17.6 Å². The van der Waals surface area contributed by atoms with E-state index in [2.05, 4.69) is 16.0 Å². The molecule has 0 spiro atoms. The summed E-state index contributed by atoms with van der Waals surface area (Å²) in [6, 6.07) is 3.70. The fourth-order valence-electron chi connectivity index (χ4n) is 2.55. The number of hydrogen-bond acceptors (Lipinski definition) is 6. The van der Waals surface area contributed by atoms with Crippen molar-refractivity contribution in [3.05, 3.63) is 29.7 Å². The number of carbonyl (C=O) groups is 1. The zero-order valence-corrected chi connectivity index (χ0v) is 17.1. The maximum absolute atomic E-state index is 14.5. The summed E-state index contributed by atoms with van der Waals surface area (Å²) in [5.41, 5.74) is 6.65. The van der Waals surface area contributed by atoms with Gasteiger partial charge in [-0.3, -0.25) is 4.79 Å². The van der Waals surface area contributed by atoms with Gasteiger partial charge in [-0.25, -0.2) is 17.8 Å². The first kappa shape index (κ1) is 21.7. The zero-order valence-electron chi connectivity index (χ0n) is 15.5. The molecular weight excluding hydrogens is 403 g/mol. The number of aliphatic imine (C=N–C) groups is 1. The largest absolute Gasteiger partial charge is 0.390 e. The summed E-state index contributed by atoms with van der Waals surface area (Å²) in [4.78, 5) is 16.1. The smallest absolute Gasteiger partial charge is 0.308 e. The van der Waals surface area contributed by atoms with Crippen LogP contribution in [0.25, 0.3) is 11.1 Å². The second-order valence-corrected chi connectivity index (χ2v) is 9.02. The molecule has 0 saturated carbocycles. The molecular formula is C18H19FN4O3S2. The molecule has 1 aromatic carbocycles. The average molecular weight is 423 g/mol. The lowest BCUT2D eigenvalue weighted by Gasteiger charge is -2.08. The quantitative estimate of drug-likeness (QED) is 0.450. The molecule has 28 heavy (non-hydrogen) atoms. The molecule has 10 heteroatoms. The first-order valence-electron chi connectivity index (χ1n) is 8.09. The van der Waals surface area contributed by atoms with Crippen LogP contribution in [0.1, 0.15) is 25.5 Å². The van der Waals surface area contributed by atoms with Crippen molar-refractivity contribution in [2.24, 2.45) is 10.7 Å². The van der Waals surface area contributed by atoms with Crippen LogP contribution in [0, 0.1) is 18.2 Å². The normalized spacial score (nSPS) is 11.9. The van der Waals surface area contributed by atoms with Crippen molar-refractivity contribution in [3.63, 3.8) is 0 Å². The Morgan fingerprint density at radius 2 is 2.18 bits per heavy atom. The maximum Gasteiger partial charge on any atom is 0.308 e. The van der Waals surface area contributed by atoms with Crippen LogP contribution >= 0.6 is 11.8 Å². The average Bonchev–Trinajstić information content (AvgIpc) is 2.98. The molecule has 0 fully saturated rings. The molecule has 0 bridgehead atoms. The predicted octanol–water partition coefficient (Wildman–Crippen LogP) is 3.17. The van der Waals surface area contributed by atoms with Crippen molar-refractivity contribution in [3.8, 4) is 23.5 Å². The topological polar surface area (TPSA) is 107 Å². The lowest BCUT2D eigenvalue weighted by atomic mass is 9.99. The van der Waals surface area contributed by atoms with Crippen molar-refractivity contribution in [1.82, 2.24) is 9.78 Å². The van der Waals surface area contributed by atoms with Crippen molar-refractivity contribution < 1.29 is 17.6 Å². The molecule has 0 atom stereocenters. The van der Waals surface area contributed by atoms with Gasteiger partial charge in [0.1, 0.15) is 10.7 Å². The third-order valence-electron chi connectivity index (χ3n) is 3.70. The highest BCUT2D eigenvalue weighted by molar-refractivity contribution is 8.13. The van der Waals surface area contributed by atoms with E-state index in [4.69, 9.17) is 12.2 Å². The summed E-state index contributed by atoms with van der Waals surface area (Å²) in [7, 11) is -3.72. The van der Waals surface area contributed by atoms with Gasteiger partial charge in [-0.15, -0.1) is 6.42 Å². The van der Waals surface area contributed by atoms with Gasteiger partial charge in [0.25, 0.3) is 0 Å². The van der Waals surface area contributed by atoms with Gasteiger partial charge in [-0.1, -0.05) is 25.8 Å². The van der Waals surface area contributed by atoms with Gasteiger partial charge in [-0.2, -0.15) is 9.78 Å². The number of nitrogens with zero attached hydrogens (tertiary/aromatic N) is 3. The van der Waals surface area contributed by atoms with Crippen molar-refractivity contribution >= 4 is 39.0 Å². The minimum Gasteiger partial charge on any atom is -0.390 e. The van der Waals surface area contributed by atoms with E-state index in [0.29, 0.717) is 16.8 Å². The van der Waals surface area contributed by atoms with Crippen molar-refractivity contribution in [1.29, 1.82) is 0 Å². The summed E-state index contributed by atoms with van der Waals surface area (Å²) >= 11 is 0.865. The molecule has 0 amide bonds. The molecule has 2 rings (SSSR count). The summed E-state index contributed by atoms with van der Waals surface area (Å²) in [6.45, 7) is 3.71. The Morgan fingerprint density at radius 1 is 1.50 bits per heavy atom. The Labute approximate surface area is 167 Å². The van der Waals surface area contributed by atoms with E-state index in [0.717, 1.165) is 35.1 Å². The second kappa shape index (κ2) is 8.58. The van der Waals surface area contributed by atoms with E-state index in [-0.39, 0.29) is 17.5 Å². The van der Waals surface area contributed by atoms with Crippen LogP contribution in [-0.4, -0.2) is 41.8 Å². The summed E-state index contributed by atoms with van der Waals surface area (Å²) in [6.07, 6.45) is 7.13. The molecule has 0 aliphatic heterocycles. The summed E-state index contributed by atoms with van der Waals surface area (Å²) in [5, 5.41) is 3.87. The van der Waals surface area contributed by atoms with Gasteiger partial charge in [0.05, 0.1) is 23.3 Å². The summed E-state index contributed by atoms with van der Waals surface area (Å²) < 4.78 is 38.9. The predicted molar refractivity (Wildman–Crippen MR) is 109 cm³/mol. The minimum atomic E-state index is -3.72. The van der Waals surface area contributed by atoms with Gasteiger partial charge >= 0.3 is 5.24 Å². The fraction of sp³-hybridized carbons (Fsp3) is 0.278. The third-order valence-corrected chi connectivity index (χ3v) is 5.56. The van der Waals surface area contributed by atoms with Crippen LogP contribution in [0.3, 0.4) is 0 Å². The molecule has 2 aromatic rings. The van der Waals surface area contributed by atoms with Crippen LogP contribution in [0.15, 0.2) is 28.1 Å². The van der Waals surface area contributed by atoms with E-state index in [1.54, 1.807) is 0 Å². The molecule has 148 valence electrons. The first-order valence-corrected chi connectivity index (χ1v) is 11.0. The second-order valence-electron chi connectivity index (χ2n) is 6.10. The van der Waals surface area contributed by atoms with Gasteiger partial charge in [0.15, 0.2) is 15.7 Å². The highest BCUT2D eigenvalue weighted by atomic mass is 32.2. The van der Waals surface area contributed by atoms with E-state index >= 15 is 0 Å². The number of aromatic nitrogens is 2. The molecule has 0 radical (unpaired) electrons. The van der Waals surface area contributed by atoms with E-state index < -0.39 is 25.8 Å². The van der Waals surface area contributed by atoms with Gasteiger partial charge in [-0.05, 0) is 35.4 Å². The van der Waals surface area contributed by atoms with Crippen LogP contribution in [0.5, 0.6) is 0 Å². The standard InChI is InChI=1S/C18H19FN4O3S2/c1-5-8-27-18(24)23-17(21-10-20)15(16(22-23)11(2)3)12-6-7-14(13(19)9-12)28(4,25)26/h1,6-7,9-11H,8H2,2-4H3,(H2,20,21). The lowest BCUT2D eigenvalue weighted by molar-refractivity contribution is 0.260. The molecule has 7 nitrogen and oxygen atoms in total. The third kappa shape index (κ3) is 4.43. The Kier molecular flexibility index (Phi) is 6.64. The first-order chi connectivity index (χ1) is 13.1. The SMILES string of the molecule is C#CCSC(=O)n1nc(C(C)C)c(-c2ccc(S(C)(=O)=O)c(F)c2)c1/N=C\N. The molecule has 1 heterocycles. The molecule has 2 N–H and O–H groups in total. The number of terminal acetylenes is 1. The number of thioether (sulfide) groups is 1.